The van der Waals surface area contributed by atoms with E-state index in [1.165, 1.54) is 12.1 Å². The molecular weight excluding hydrogens is 333 g/mol. The standard InChI is InChI=1S/C21H24FNO3/c1-2-26-19-7-3-5-16(13-19)20(15-8-10-18(22)11-9-15)23-12-4-6-17(14-23)21(24)25/h3,5,7-11,13,17,20H,2,4,6,12,14H2,1H3,(H,24,25). The second-order valence-electron chi connectivity index (χ2n) is 6.63. The number of carbonyl (C=O) groups is 1. The Bertz CT molecular complexity index is 747. The van der Waals surface area contributed by atoms with Crippen molar-refractivity contribution in [1.82, 2.24) is 4.90 Å². The highest BCUT2D eigenvalue weighted by Crippen LogP contribution is 2.34. The quantitative estimate of drug-likeness (QED) is 0.845. The number of halogens is 1. The number of aliphatic carboxylic acids is 1. The van der Waals surface area contributed by atoms with E-state index in [1.807, 2.05) is 31.2 Å². The van der Waals surface area contributed by atoms with Gasteiger partial charge >= 0.3 is 5.97 Å². The first-order valence-electron chi connectivity index (χ1n) is 9.03. The first kappa shape index (κ1) is 18.4. The fraction of sp³-hybridized carbons (Fsp3) is 0.381. The number of likely N-dealkylation sites (tertiary alicyclic amines) is 1. The van der Waals surface area contributed by atoms with E-state index < -0.39 is 5.97 Å². The van der Waals surface area contributed by atoms with Crippen LogP contribution in [0.5, 0.6) is 5.75 Å². The molecule has 5 heteroatoms. The number of hydrogen-bond donors (Lipinski definition) is 1. The summed E-state index contributed by atoms with van der Waals surface area (Å²) >= 11 is 0. The Kier molecular flexibility index (Phi) is 5.89. The van der Waals surface area contributed by atoms with Crippen LogP contribution in [0.3, 0.4) is 0 Å². The van der Waals surface area contributed by atoms with Crippen LogP contribution in [0, 0.1) is 11.7 Å². The van der Waals surface area contributed by atoms with Crippen LogP contribution in [0.4, 0.5) is 4.39 Å². The summed E-state index contributed by atoms with van der Waals surface area (Å²) in [6, 6.07) is 14.2. The molecule has 3 rings (SSSR count). The number of piperidine rings is 1. The van der Waals surface area contributed by atoms with Crippen LogP contribution in [0.1, 0.15) is 36.9 Å². The van der Waals surface area contributed by atoms with Crippen molar-refractivity contribution >= 4 is 5.97 Å². The predicted octanol–water partition coefficient (Wildman–Crippen LogP) is 4.11. The van der Waals surface area contributed by atoms with Gasteiger partial charge in [0.1, 0.15) is 11.6 Å². The Morgan fingerprint density at radius 2 is 2.04 bits per heavy atom. The summed E-state index contributed by atoms with van der Waals surface area (Å²) < 4.78 is 19.0. The number of ether oxygens (including phenoxy) is 1. The van der Waals surface area contributed by atoms with Crippen molar-refractivity contribution in [3.63, 3.8) is 0 Å². The largest absolute Gasteiger partial charge is 0.494 e. The number of rotatable bonds is 6. The van der Waals surface area contributed by atoms with Crippen LogP contribution < -0.4 is 4.74 Å². The molecule has 0 spiro atoms. The van der Waals surface area contributed by atoms with Crippen molar-refractivity contribution in [2.45, 2.75) is 25.8 Å². The van der Waals surface area contributed by atoms with Crippen LogP contribution in [-0.4, -0.2) is 35.7 Å². The monoisotopic (exact) mass is 357 g/mol. The number of benzene rings is 2. The summed E-state index contributed by atoms with van der Waals surface area (Å²) in [5.41, 5.74) is 1.97. The third-order valence-corrected chi connectivity index (χ3v) is 4.84. The Morgan fingerprint density at radius 3 is 2.73 bits per heavy atom. The van der Waals surface area contributed by atoms with E-state index >= 15 is 0 Å². The molecular formula is C21H24FNO3. The van der Waals surface area contributed by atoms with E-state index in [-0.39, 0.29) is 17.8 Å². The predicted molar refractivity (Wildman–Crippen MR) is 97.8 cm³/mol. The zero-order valence-corrected chi connectivity index (χ0v) is 14.9. The fourth-order valence-corrected chi connectivity index (χ4v) is 3.64. The maximum Gasteiger partial charge on any atom is 0.307 e. The van der Waals surface area contributed by atoms with Gasteiger partial charge in [0.15, 0.2) is 0 Å². The van der Waals surface area contributed by atoms with E-state index in [9.17, 15) is 14.3 Å². The summed E-state index contributed by atoms with van der Waals surface area (Å²) in [6.07, 6.45) is 1.53. The van der Waals surface area contributed by atoms with Crippen LogP contribution in [0.2, 0.25) is 0 Å². The smallest absolute Gasteiger partial charge is 0.307 e. The molecule has 0 aliphatic carbocycles. The van der Waals surface area contributed by atoms with Crippen molar-refractivity contribution in [2.24, 2.45) is 5.92 Å². The molecule has 2 aromatic carbocycles. The average Bonchev–Trinajstić information content (AvgIpc) is 2.64. The maximum absolute atomic E-state index is 13.4. The Labute approximate surface area is 153 Å². The fourth-order valence-electron chi connectivity index (χ4n) is 3.64. The summed E-state index contributed by atoms with van der Waals surface area (Å²) in [6.45, 7) is 3.81. The van der Waals surface area contributed by atoms with Gasteiger partial charge in [-0.3, -0.25) is 9.69 Å². The van der Waals surface area contributed by atoms with Crippen molar-refractivity contribution < 1.29 is 19.0 Å². The first-order chi connectivity index (χ1) is 12.6. The van der Waals surface area contributed by atoms with Gasteiger partial charge in [-0.2, -0.15) is 0 Å². The van der Waals surface area contributed by atoms with Gasteiger partial charge in [0.2, 0.25) is 0 Å². The second kappa shape index (κ2) is 8.32. The van der Waals surface area contributed by atoms with Gasteiger partial charge in [0, 0.05) is 6.54 Å². The molecule has 1 saturated heterocycles. The lowest BCUT2D eigenvalue weighted by Crippen LogP contribution is -2.41. The van der Waals surface area contributed by atoms with Crippen LogP contribution >= 0.6 is 0 Å². The molecule has 138 valence electrons. The van der Waals surface area contributed by atoms with Crippen molar-refractivity contribution in [1.29, 1.82) is 0 Å². The zero-order valence-electron chi connectivity index (χ0n) is 14.9. The van der Waals surface area contributed by atoms with Gasteiger partial charge in [-0.15, -0.1) is 0 Å². The minimum absolute atomic E-state index is 0.127. The van der Waals surface area contributed by atoms with Crippen LogP contribution in [-0.2, 0) is 4.79 Å². The third kappa shape index (κ3) is 4.22. The van der Waals surface area contributed by atoms with Crippen molar-refractivity contribution in [3.05, 3.63) is 65.5 Å². The summed E-state index contributed by atoms with van der Waals surface area (Å²) in [7, 11) is 0. The minimum Gasteiger partial charge on any atom is -0.494 e. The lowest BCUT2D eigenvalue weighted by molar-refractivity contribution is -0.143. The van der Waals surface area contributed by atoms with Crippen molar-refractivity contribution in [3.8, 4) is 5.75 Å². The van der Waals surface area contributed by atoms with Crippen LogP contribution in [0.25, 0.3) is 0 Å². The molecule has 26 heavy (non-hydrogen) atoms. The normalized spacial score (nSPS) is 19.1. The van der Waals surface area contributed by atoms with Gasteiger partial charge in [-0.1, -0.05) is 24.3 Å². The minimum atomic E-state index is -0.754. The van der Waals surface area contributed by atoms with Gasteiger partial charge in [-0.05, 0) is 61.7 Å². The molecule has 1 aliphatic heterocycles. The molecule has 1 fully saturated rings. The number of hydrogen-bond acceptors (Lipinski definition) is 3. The molecule has 0 saturated carbocycles. The molecule has 2 atom stereocenters. The molecule has 0 bridgehead atoms. The van der Waals surface area contributed by atoms with Gasteiger partial charge < -0.3 is 9.84 Å². The van der Waals surface area contributed by atoms with E-state index in [0.717, 1.165) is 29.8 Å². The molecule has 0 radical (unpaired) electrons. The topological polar surface area (TPSA) is 49.8 Å². The van der Waals surface area contributed by atoms with Crippen LogP contribution in [0.15, 0.2) is 48.5 Å². The highest BCUT2D eigenvalue weighted by atomic mass is 19.1. The molecule has 0 amide bonds. The van der Waals surface area contributed by atoms with Gasteiger partial charge in [-0.25, -0.2) is 4.39 Å². The molecule has 4 nitrogen and oxygen atoms in total. The number of nitrogens with zero attached hydrogens (tertiary/aromatic N) is 1. The van der Waals surface area contributed by atoms with E-state index in [4.69, 9.17) is 4.74 Å². The lowest BCUT2D eigenvalue weighted by Gasteiger charge is -2.37. The number of carboxylic acid groups (broad SMARTS) is 1. The molecule has 1 aliphatic rings. The Balaban J connectivity index is 1.97. The Morgan fingerprint density at radius 1 is 1.27 bits per heavy atom. The zero-order chi connectivity index (χ0) is 18.5. The van der Waals surface area contributed by atoms with Gasteiger partial charge in [0.25, 0.3) is 0 Å². The molecule has 1 heterocycles. The van der Waals surface area contributed by atoms with E-state index in [1.54, 1.807) is 12.1 Å². The highest BCUT2D eigenvalue weighted by Gasteiger charge is 2.31. The van der Waals surface area contributed by atoms with E-state index in [2.05, 4.69) is 4.90 Å². The van der Waals surface area contributed by atoms with Gasteiger partial charge in [0.05, 0.1) is 18.6 Å². The summed E-state index contributed by atoms with van der Waals surface area (Å²) in [5.74, 6) is -0.626. The van der Waals surface area contributed by atoms with E-state index in [0.29, 0.717) is 19.6 Å². The highest BCUT2D eigenvalue weighted by molar-refractivity contribution is 5.70. The van der Waals surface area contributed by atoms with Crippen molar-refractivity contribution in [2.75, 3.05) is 19.7 Å². The maximum atomic E-state index is 13.4. The average molecular weight is 357 g/mol. The summed E-state index contributed by atoms with van der Waals surface area (Å²) in [4.78, 5) is 13.7. The first-order valence-corrected chi connectivity index (χ1v) is 9.03. The Hall–Kier alpha value is -2.40. The third-order valence-electron chi connectivity index (χ3n) is 4.84. The summed E-state index contributed by atoms with van der Waals surface area (Å²) in [5, 5.41) is 9.43. The molecule has 2 unspecified atom stereocenters. The molecule has 2 aromatic rings. The molecule has 1 N–H and O–H groups in total. The second-order valence-corrected chi connectivity index (χ2v) is 6.63. The lowest BCUT2D eigenvalue weighted by atomic mass is 9.91. The SMILES string of the molecule is CCOc1cccc(C(c2ccc(F)cc2)N2CCCC(C(=O)O)C2)c1. The molecule has 0 aromatic heterocycles. The number of carboxylic acids is 1.